The lowest BCUT2D eigenvalue weighted by Gasteiger charge is -2.30. The molecule has 204 valence electrons. The Bertz CT molecular complexity index is 1380. The Labute approximate surface area is 218 Å². The number of hydrogen-bond acceptors (Lipinski definition) is 4. The predicted molar refractivity (Wildman–Crippen MR) is 126 cm³/mol. The molecule has 4 N–H and O–H groups in total. The molecule has 4 rings (SSSR count). The van der Waals surface area contributed by atoms with Crippen LogP contribution < -0.4 is 11.5 Å². The van der Waals surface area contributed by atoms with Crippen molar-refractivity contribution in [2.24, 2.45) is 11.5 Å². The van der Waals surface area contributed by atoms with E-state index in [0.29, 0.717) is 12.1 Å². The van der Waals surface area contributed by atoms with E-state index in [-0.39, 0.29) is 73.0 Å². The molecule has 0 aliphatic carbocycles. The van der Waals surface area contributed by atoms with E-state index in [1.54, 1.807) is 0 Å². The predicted octanol–water partition coefficient (Wildman–Crippen LogP) is 3.81. The van der Waals surface area contributed by atoms with Crippen molar-refractivity contribution in [3.8, 4) is 11.3 Å². The molecule has 1 unspecified atom stereocenters. The third-order valence-corrected chi connectivity index (χ3v) is 6.04. The molecule has 7 nitrogen and oxygen atoms in total. The van der Waals surface area contributed by atoms with Gasteiger partial charge in [0.05, 0.1) is 17.9 Å². The molecule has 1 aromatic heterocycles. The van der Waals surface area contributed by atoms with Crippen LogP contribution in [0.25, 0.3) is 11.3 Å². The molecule has 1 aliphatic heterocycles. The Morgan fingerprint density at radius 2 is 1.71 bits per heavy atom. The molecule has 2 heterocycles. The minimum absolute atomic E-state index is 0. The van der Waals surface area contributed by atoms with Crippen LogP contribution >= 0.6 is 12.4 Å². The number of hydrogen-bond donors (Lipinski definition) is 2. The number of rotatable bonds is 6. The number of carbonyl (C=O) groups is 2. The number of alkyl halides is 3. The highest BCUT2D eigenvalue weighted by Gasteiger charge is 2.41. The number of carbonyl (C=O) groups excluding carboxylic acids is 2. The van der Waals surface area contributed by atoms with Crippen LogP contribution in [0.5, 0.6) is 0 Å². The average Bonchev–Trinajstić information content (AvgIpc) is 3.22. The van der Waals surface area contributed by atoms with Crippen molar-refractivity contribution in [3.05, 3.63) is 76.5 Å². The van der Waals surface area contributed by atoms with E-state index >= 15 is 0 Å². The zero-order chi connectivity index (χ0) is 27.1. The molecule has 0 saturated heterocycles. The summed E-state index contributed by atoms with van der Waals surface area (Å²) in [6, 6.07) is 5.75. The smallest absolute Gasteiger partial charge is 0.366 e. The molecule has 0 bridgehead atoms. The van der Waals surface area contributed by atoms with Crippen LogP contribution in [-0.2, 0) is 30.5 Å². The summed E-state index contributed by atoms with van der Waals surface area (Å²) in [5.74, 6) is -6.05. The van der Waals surface area contributed by atoms with E-state index in [2.05, 4.69) is 4.98 Å². The van der Waals surface area contributed by atoms with Gasteiger partial charge in [-0.2, -0.15) is 13.2 Å². The fraction of sp³-hybridized carbons (Fsp3) is 0.292. The second kappa shape index (κ2) is 11.0. The number of benzene rings is 2. The van der Waals surface area contributed by atoms with Crippen LogP contribution in [0, 0.1) is 17.5 Å². The lowest BCUT2D eigenvalue weighted by atomic mass is 10.0. The van der Waals surface area contributed by atoms with Crippen molar-refractivity contribution in [3.63, 3.8) is 0 Å². The number of nitrogens with two attached hydrogens (primary N) is 2. The molecule has 1 aliphatic rings. The molecule has 3 aromatic rings. The minimum Gasteiger partial charge on any atom is -0.366 e. The second-order valence-corrected chi connectivity index (χ2v) is 8.67. The first kappa shape index (κ1) is 29.0. The van der Waals surface area contributed by atoms with Gasteiger partial charge in [0.2, 0.25) is 17.6 Å². The number of nitrogens with zero attached hydrogens (tertiary/aromatic N) is 3. The Balaban J connectivity index is 0.00000400. The highest BCUT2D eigenvalue weighted by Crippen LogP contribution is 2.36. The van der Waals surface area contributed by atoms with Crippen LogP contribution in [-0.4, -0.2) is 38.9 Å². The molecular weight excluding hydrogens is 540 g/mol. The second-order valence-electron chi connectivity index (χ2n) is 8.67. The Morgan fingerprint density at radius 3 is 2.37 bits per heavy atom. The number of primary amides is 1. The van der Waals surface area contributed by atoms with E-state index in [1.807, 2.05) is 0 Å². The van der Waals surface area contributed by atoms with Gasteiger partial charge in [-0.25, -0.2) is 18.2 Å². The lowest BCUT2D eigenvalue weighted by molar-refractivity contribution is -0.148. The number of aromatic nitrogens is 2. The summed E-state index contributed by atoms with van der Waals surface area (Å²) in [6.07, 6.45) is -5.34. The summed E-state index contributed by atoms with van der Waals surface area (Å²) in [4.78, 5) is 29.5. The van der Waals surface area contributed by atoms with Gasteiger partial charge in [0, 0.05) is 42.7 Å². The SMILES string of the molecule is Cl.NC(=O)c1cccc(-c2nc(C(F)(F)F)n3c2CN(C(=O)CC(N)Cc2cc(F)c(F)cc2F)CC3)c1. The van der Waals surface area contributed by atoms with Crippen molar-refractivity contribution in [1.82, 2.24) is 14.5 Å². The molecule has 2 amide bonds. The number of halogens is 7. The highest BCUT2D eigenvalue weighted by atomic mass is 35.5. The van der Waals surface area contributed by atoms with Crippen LogP contribution in [0.2, 0.25) is 0 Å². The molecular formula is C24H22ClF6N5O2. The molecule has 0 fully saturated rings. The van der Waals surface area contributed by atoms with Crippen molar-refractivity contribution in [2.45, 2.75) is 38.1 Å². The van der Waals surface area contributed by atoms with Crippen molar-refractivity contribution >= 4 is 24.2 Å². The quantitative estimate of drug-likeness (QED) is 0.352. The lowest BCUT2D eigenvalue weighted by Crippen LogP contribution is -2.42. The normalized spacial score (nSPS) is 14.0. The highest BCUT2D eigenvalue weighted by molar-refractivity contribution is 5.94. The van der Waals surface area contributed by atoms with E-state index in [1.165, 1.54) is 29.2 Å². The van der Waals surface area contributed by atoms with E-state index in [9.17, 15) is 35.9 Å². The maximum absolute atomic E-state index is 13.9. The third-order valence-electron chi connectivity index (χ3n) is 6.04. The third kappa shape index (κ3) is 5.94. The summed E-state index contributed by atoms with van der Waals surface area (Å²) in [7, 11) is 0. The van der Waals surface area contributed by atoms with Crippen LogP contribution in [0.1, 0.15) is 33.9 Å². The van der Waals surface area contributed by atoms with Crippen LogP contribution in [0.4, 0.5) is 26.3 Å². The first-order valence-corrected chi connectivity index (χ1v) is 11.1. The van der Waals surface area contributed by atoms with Gasteiger partial charge >= 0.3 is 6.18 Å². The molecule has 0 spiro atoms. The van der Waals surface area contributed by atoms with Gasteiger partial charge in [-0.05, 0) is 30.2 Å². The summed E-state index contributed by atoms with van der Waals surface area (Å²) in [6.45, 7) is -0.506. The number of fused-ring (bicyclic) bond motifs is 1. The van der Waals surface area contributed by atoms with Crippen molar-refractivity contribution in [2.75, 3.05) is 6.54 Å². The molecule has 2 aromatic carbocycles. The summed E-state index contributed by atoms with van der Waals surface area (Å²) in [5, 5.41) is 0. The van der Waals surface area contributed by atoms with E-state index < -0.39 is 47.3 Å². The zero-order valence-electron chi connectivity index (χ0n) is 19.6. The van der Waals surface area contributed by atoms with Gasteiger partial charge in [-0.15, -0.1) is 12.4 Å². The maximum Gasteiger partial charge on any atom is 0.449 e. The van der Waals surface area contributed by atoms with Gasteiger partial charge in [0.25, 0.3) is 0 Å². The van der Waals surface area contributed by atoms with E-state index in [4.69, 9.17) is 11.5 Å². The van der Waals surface area contributed by atoms with Crippen LogP contribution in [0.15, 0.2) is 36.4 Å². The Morgan fingerprint density at radius 1 is 1.03 bits per heavy atom. The van der Waals surface area contributed by atoms with Gasteiger partial charge in [0.1, 0.15) is 5.82 Å². The standard InChI is InChI=1S/C24H21F6N5O2.ClH/c25-16-10-18(27)17(26)8-14(16)7-15(31)9-20(36)34-4-5-35-19(11-34)21(33-23(35)24(28,29)30)12-2-1-3-13(6-12)22(32)37;/h1-3,6,8,10,15H,4-5,7,9,11,31H2,(H2,32,37);1H. The van der Waals surface area contributed by atoms with Gasteiger partial charge in [-0.1, -0.05) is 12.1 Å². The maximum atomic E-state index is 13.9. The average molecular weight is 562 g/mol. The number of imidazole rings is 1. The van der Waals surface area contributed by atoms with Crippen molar-refractivity contribution in [1.29, 1.82) is 0 Å². The first-order chi connectivity index (χ1) is 17.3. The molecule has 1 atom stereocenters. The minimum atomic E-state index is -4.77. The molecule has 14 heteroatoms. The zero-order valence-corrected chi connectivity index (χ0v) is 20.4. The fourth-order valence-electron chi connectivity index (χ4n) is 4.28. The van der Waals surface area contributed by atoms with Gasteiger partial charge in [0.15, 0.2) is 11.6 Å². The monoisotopic (exact) mass is 561 g/mol. The largest absolute Gasteiger partial charge is 0.449 e. The Kier molecular flexibility index (Phi) is 8.42. The summed E-state index contributed by atoms with van der Waals surface area (Å²) < 4.78 is 82.6. The summed E-state index contributed by atoms with van der Waals surface area (Å²) >= 11 is 0. The number of amides is 2. The molecule has 0 saturated carbocycles. The van der Waals surface area contributed by atoms with E-state index in [0.717, 1.165) is 4.57 Å². The topological polar surface area (TPSA) is 107 Å². The van der Waals surface area contributed by atoms with Gasteiger partial charge < -0.3 is 20.9 Å². The molecule has 0 radical (unpaired) electrons. The van der Waals surface area contributed by atoms with Crippen LogP contribution in [0.3, 0.4) is 0 Å². The first-order valence-electron chi connectivity index (χ1n) is 11.1. The van der Waals surface area contributed by atoms with Gasteiger partial charge in [-0.3, -0.25) is 9.59 Å². The summed E-state index contributed by atoms with van der Waals surface area (Å²) in [5.41, 5.74) is 11.4. The Hall–Kier alpha value is -3.58. The van der Waals surface area contributed by atoms with Crippen molar-refractivity contribution < 1.29 is 35.9 Å². The fourth-order valence-corrected chi connectivity index (χ4v) is 4.28. The molecule has 38 heavy (non-hydrogen) atoms.